The highest BCUT2D eigenvalue weighted by molar-refractivity contribution is 7.09. The molecule has 0 bridgehead atoms. The van der Waals surface area contributed by atoms with Gasteiger partial charge in [0.2, 0.25) is 5.88 Å². The summed E-state index contributed by atoms with van der Waals surface area (Å²) >= 11 is 7.59. The standard InChI is InChI=1S/C23H23ClN2O3S/c24-19-11-14(13-26-9-1-2-10-26)3-8-20(19)29-16-5-7-17-15(12-16)4-6-18(17)21-22(27)25-23(28)30-21/h3,5,7-8,11-12,18,27H,1-2,4,6,9-10,13H2,(H,25,28)/t18-/m1/s1. The highest BCUT2D eigenvalue weighted by Crippen LogP contribution is 2.43. The summed E-state index contributed by atoms with van der Waals surface area (Å²) in [6.07, 6.45) is 4.30. The monoisotopic (exact) mass is 442 g/mol. The van der Waals surface area contributed by atoms with Gasteiger partial charge in [-0.25, -0.2) is 0 Å². The Kier molecular flexibility index (Phi) is 5.31. The Bertz CT molecular complexity index is 1130. The number of thiazole rings is 1. The van der Waals surface area contributed by atoms with E-state index in [2.05, 4.69) is 16.0 Å². The molecule has 5 nitrogen and oxygen atoms in total. The number of benzene rings is 2. The molecule has 1 saturated heterocycles. The van der Waals surface area contributed by atoms with Crippen LogP contribution in [0.5, 0.6) is 17.4 Å². The van der Waals surface area contributed by atoms with Crippen molar-refractivity contribution in [2.75, 3.05) is 13.1 Å². The number of aromatic nitrogens is 1. The second-order valence-corrected chi connectivity index (χ2v) is 9.45. The summed E-state index contributed by atoms with van der Waals surface area (Å²) in [4.78, 5) is 17.0. The zero-order valence-electron chi connectivity index (χ0n) is 16.5. The first-order chi connectivity index (χ1) is 14.6. The van der Waals surface area contributed by atoms with Crippen molar-refractivity contribution in [1.29, 1.82) is 0 Å². The van der Waals surface area contributed by atoms with E-state index in [1.54, 1.807) is 0 Å². The van der Waals surface area contributed by atoms with E-state index in [1.165, 1.54) is 24.0 Å². The predicted octanol–water partition coefficient (Wildman–Crippen LogP) is 5.26. The minimum atomic E-state index is -0.223. The van der Waals surface area contributed by atoms with Crippen LogP contribution in [-0.4, -0.2) is 28.1 Å². The number of hydrogen-bond acceptors (Lipinski definition) is 5. The minimum Gasteiger partial charge on any atom is -0.494 e. The van der Waals surface area contributed by atoms with Gasteiger partial charge in [-0.2, -0.15) is 0 Å². The van der Waals surface area contributed by atoms with Gasteiger partial charge < -0.3 is 9.84 Å². The number of aromatic hydroxyl groups is 1. The first-order valence-electron chi connectivity index (χ1n) is 10.3. The first-order valence-corrected chi connectivity index (χ1v) is 11.5. The minimum absolute atomic E-state index is 0.0102. The lowest BCUT2D eigenvalue weighted by molar-refractivity contribution is 0.331. The predicted molar refractivity (Wildman–Crippen MR) is 119 cm³/mol. The number of aryl methyl sites for hydroxylation is 1. The quantitative estimate of drug-likeness (QED) is 0.565. The van der Waals surface area contributed by atoms with Crippen LogP contribution in [0.1, 0.15) is 46.7 Å². The molecule has 2 heterocycles. The number of nitrogens with zero attached hydrogens (tertiary/aromatic N) is 1. The maximum absolute atomic E-state index is 11.6. The normalized spacial score (nSPS) is 18.6. The molecule has 7 heteroatoms. The van der Waals surface area contributed by atoms with Gasteiger partial charge in [0, 0.05) is 12.5 Å². The Morgan fingerprint density at radius 3 is 2.77 bits per heavy atom. The van der Waals surface area contributed by atoms with Crippen LogP contribution >= 0.6 is 22.9 Å². The van der Waals surface area contributed by atoms with Crippen LogP contribution in [0.25, 0.3) is 0 Å². The number of likely N-dealkylation sites (tertiary alicyclic amines) is 1. The van der Waals surface area contributed by atoms with Crippen molar-refractivity contribution in [2.24, 2.45) is 0 Å². The van der Waals surface area contributed by atoms with Crippen molar-refractivity contribution in [2.45, 2.75) is 38.1 Å². The van der Waals surface area contributed by atoms with Gasteiger partial charge in [0.05, 0.1) is 9.90 Å². The summed E-state index contributed by atoms with van der Waals surface area (Å²) in [5, 5.41) is 10.6. The summed E-state index contributed by atoms with van der Waals surface area (Å²) in [6.45, 7) is 3.24. The molecule has 1 aliphatic carbocycles. The molecule has 5 rings (SSSR count). The third-order valence-corrected chi connectivity index (χ3v) is 7.27. The fraction of sp³-hybridized carbons (Fsp3) is 0.348. The molecule has 1 aromatic heterocycles. The van der Waals surface area contributed by atoms with Crippen molar-refractivity contribution in [3.05, 3.63) is 72.7 Å². The lowest BCUT2D eigenvalue weighted by atomic mass is 10.00. The lowest BCUT2D eigenvalue weighted by Crippen LogP contribution is -2.18. The summed E-state index contributed by atoms with van der Waals surface area (Å²) in [6, 6.07) is 12.0. The summed E-state index contributed by atoms with van der Waals surface area (Å²) in [7, 11) is 0. The Balaban J connectivity index is 1.33. The second-order valence-electron chi connectivity index (χ2n) is 8.03. The molecule has 30 heavy (non-hydrogen) atoms. The van der Waals surface area contributed by atoms with E-state index >= 15 is 0 Å². The van der Waals surface area contributed by atoms with E-state index in [-0.39, 0.29) is 16.7 Å². The van der Waals surface area contributed by atoms with Crippen molar-refractivity contribution in [3.63, 3.8) is 0 Å². The first kappa shape index (κ1) is 19.7. The molecule has 0 amide bonds. The van der Waals surface area contributed by atoms with Crippen LogP contribution in [-0.2, 0) is 13.0 Å². The molecule has 2 aliphatic rings. The van der Waals surface area contributed by atoms with Gasteiger partial charge >= 0.3 is 4.87 Å². The molecule has 1 aliphatic heterocycles. The van der Waals surface area contributed by atoms with Crippen LogP contribution in [0.15, 0.2) is 41.2 Å². The molecule has 2 N–H and O–H groups in total. The number of fused-ring (bicyclic) bond motifs is 1. The highest BCUT2D eigenvalue weighted by Gasteiger charge is 2.28. The Morgan fingerprint density at radius 1 is 1.20 bits per heavy atom. The van der Waals surface area contributed by atoms with Crippen molar-refractivity contribution in [3.8, 4) is 17.4 Å². The average molecular weight is 443 g/mol. The maximum Gasteiger partial charge on any atom is 0.307 e. The number of H-pyrrole nitrogens is 1. The molecule has 3 aromatic rings. The fourth-order valence-corrected chi connectivity index (χ4v) is 5.67. The number of rotatable bonds is 5. The van der Waals surface area contributed by atoms with Crippen LogP contribution in [0.2, 0.25) is 5.02 Å². The van der Waals surface area contributed by atoms with Crippen LogP contribution < -0.4 is 9.61 Å². The largest absolute Gasteiger partial charge is 0.494 e. The number of halogens is 1. The number of aromatic amines is 1. The van der Waals surface area contributed by atoms with E-state index in [4.69, 9.17) is 16.3 Å². The molecule has 156 valence electrons. The topological polar surface area (TPSA) is 65.6 Å². The Hall–Kier alpha value is -2.28. The average Bonchev–Trinajstić information content (AvgIpc) is 3.44. The lowest BCUT2D eigenvalue weighted by Gasteiger charge is -2.16. The van der Waals surface area contributed by atoms with Gasteiger partial charge in [-0.05, 0) is 79.7 Å². The van der Waals surface area contributed by atoms with Gasteiger partial charge in [-0.1, -0.05) is 35.1 Å². The number of hydrogen-bond donors (Lipinski definition) is 2. The molecule has 0 unspecified atom stereocenters. The molecule has 0 radical (unpaired) electrons. The van der Waals surface area contributed by atoms with Crippen LogP contribution in [0.3, 0.4) is 0 Å². The maximum atomic E-state index is 11.6. The van der Waals surface area contributed by atoms with E-state index in [0.29, 0.717) is 15.6 Å². The van der Waals surface area contributed by atoms with E-state index < -0.39 is 0 Å². The number of ether oxygens (including phenoxy) is 1. The third-order valence-electron chi connectivity index (χ3n) is 5.99. The van der Waals surface area contributed by atoms with Gasteiger partial charge in [0.1, 0.15) is 11.5 Å². The third kappa shape index (κ3) is 3.87. The van der Waals surface area contributed by atoms with Crippen molar-refractivity contribution >= 4 is 22.9 Å². The molecule has 0 saturated carbocycles. The second kappa shape index (κ2) is 8.10. The molecule has 1 fully saturated rings. The molecule has 1 atom stereocenters. The van der Waals surface area contributed by atoms with Gasteiger partial charge in [-0.15, -0.1) is 0 Å². The van der Waals surface area contributed by atoms with E-state index in [1.807, 2.05) is 30.3 Å². The highest BCUT2D eigenvalue weighted by atomic mass is 35.5. The van der Waals surface area contributed by atoms with Crippen molar-refractivity contribution < 1.29 is 9.84 Å². The van der Waals surface area contributed by atoms with Gasteiger partial charge in [0.25, 0.3) is 0 Å². The summed E-state index contributed by atoms with van der Waals surface area (Å²) in [5.41, 5.74) is 3.52. The summed E-state index contributed by atoms with van der Waals surface area (Å²) < 4.78 is 6.08. The fourth-order valence-electron chi connectivity index (χ4n) is 4.55. The van der Waals surface area contributed by atoms with Crippen molar-refractivity contribution in [1.82, 2.24) is 9.88 Å². The molecule has 2 aromatic carbocycles. The molecular weight excluding hydrogens is 420 g/mol. The number of nitrogens with one attached hydrogen (secondary N) is 1. The SMILES string of the molecule is O=c1[nH]c(O)c([C@@H]2CCc3cc(Oc4ccc(CN5CCCC5)cc4Cl)ccc32)s1. The van der Waals surface area contributed by atoms with E-state index in [0.717, 1.165) is 55.1 Å². The Morgan fingerprint density at radius 2 is 2.03 bits per heavy atom. The van der Waals surface area contributed by atoms with E-state index in [9.17, 15) is 9.90 Å². The Labute approximate surface area is 183 Å². The van der Waals surface area contributed by atoms with Gasteiger partial charge in [-0.3, -0.25) is 14.7 Å². The zero-order chi connectivity index (χ0) is 20.7. The van der Waals surface area contributed by atoms with Crippen LogP contribution in [0, 0.1) is 0 Å². The molecule has 0 spiro atoms. The zero-order valence-corrected chi connectivity index (χ0v) is 18.1. The van der Waals surface area contributed by atoms with Crippen LogP contribution in [0.4, 0.5) is 0 Å². The summed E-state index contributed by atoms with van der Waals surface area (Å²) in [5.74, 6) is 1.43. The smallest absolute Gasteiger partial charge is 0.307 e. The molecular formula is C23H23ClN2O3S. The van der Waals surface area contributed by atoms with Gasteiger partial charge in [0.15, 0.2) is 0 Å².